The average Bonchev–Trinajstić information content (AvgIpc) is 3.10. The van der Waals surface area contributed by atoms with Crippen LogP contribution < -0.4 is 0 Å². The first-order valence-electron chi connectivity index (χ1n) is 7.37. The number of thioether (sulfide) groups is 1. The van der Waals surface area contributed by atoms with Gasteiger partial charge in [0.1, 0.15) is 6.54 Å². The summed E-state index contributed by atoms with van der Waals surface area (Å²) in [6.45, 7) is 1.15. The molecule has 0 unspecified atom stereocenters. The number of rotatable bonds is 3. The molecule has 4 rings (SSSR count). The molecule has 0 radical (unpaired) electrons. The lowest BCUT2D eigenvalue weighted by molar-refractivity contribution is -0.152. The third-order valence-electron chi connectivity index (χ3n) is 4.49. The van der Waals surface area contributed by atoms with Crippen LogP contribution in [0.1, 0.15) is 24.1 Å². The van der Waals surface area contributed by atoms with Crippen LogP contribution in [0.2, 0.25) is 0 Å². The standard InChI is InChI=1S/C14H16N4O3S/c19-12-1-2-13(20)18(12)10-4-16(5-10)14(21)6-17-11-8-22-7-9(11)3-15-17/h3,10H,1-2,4-8H2. The average molecular weight is 320 g/mol. The molecule has 0 N–H and O–H groups in total. The summed E-state index contributed by atoms with van der Waals surface area (Å²) >= 11 is 1.83. The van der Waals surface area contributed by atoms with E-state index in [1.807, 2.05) is 18.0 Å². The maximum Gasteiger partial charge on any atom is 0.244 e. The predicted octanol–water partition coefficient (Wildman–Crippen LogP) is -0.0103. The summed E-state index contributed by atoms with van der Waals surface area (Å²) in [6, 6.07) is -0.134. The number of carbonyl (C=O) groups excluding carboxylic acids is 3. The summed E-state index contributed by atoms with van der Waals surface area (Å²) in [7, 11) is 0. The Bertz CT molecular complexity index is 649. The van der Waals surface area contributed by atoms with Crippen LogP contribution in [-0.2, 0) is 32.4 Å². The van der Waals surface area contributed by atoms with Crippen molar-refractivity contribution in [3.63, 3.8) is 0 Å². The van der Waals surface area contributed by atoms with Gasteiger partial charge in [-0.3, -0.25) is 24.0 Å². The third-order valence-corrected chi connectivity index (χ3v) is 5.48. The number of aromatic nitrogens is 2. The van der Waals surface area contributed by atoms with Crippen LogP contribution in [-0.4, -0.2) is 56.4 Å². The van der Waals surface area contributed by atoms with E-state index in [4.69, 9.17) is 0 Å². The van der Waals surface area contributed by atoms with E-state index in [0.717, 1.165) is 17.2 Å². The Balaban J connectivity index is 1.36. The summed E-state index contributed by atoms with van der Waals surface area (Å²) in [5.74, 6) is 1.66. The fraction of sp³-hybridized carbons (Fsp3) is 0.571. The summed E-state index contributed by atoms with van der Waals surface area (Å²) in [6.07, 6.45) is 2.45. The minimum atomic E-state index is -0.134. The fourth-order valence-corrected chi connectivity index (χ4v) is 4.27. The van der Waals surface area contributed by atoms with E-state index in [-0.39, 0.29) is 30.3 Å². The van der Waals surface area contributed by atoms with Gasteiger partial charge in [-0.05, 0) is 0 Å². The van der Waals surface area contributed by atoms with Crippen molar-refractivity contribution >= 4 is 29.5 Å². The van der Waals surface area contributed by atoms with Crippen molar-refractivity contribution in [1.82, 2.24) is 19.6 Å². The summed E-state index contributed by atoms with van der Waals surface area (Å²) in [5.41, 5.74) is 2.35. The van der Waals surface area contributed by atoms with Gasteiger partial charge in [-0.15, -0.1) is 0 Å². The van der Waals surface area contributed by atoms with Crippen molar-refractivity contribution in [2.45, 2.75) is 36.9 Å². The van der Waals surface area contributed by atoms with Crippen LogP contribution in [0, 0.1) is 0 Å². The minimum absolute atomic E-state index is 0.00172. The van der Waals surface area contributed by atoms with E-state index < -0.39 is 0 Å². The van der Waals surface area contributed by atoms with Gasteiger partial charge in [0.2, 0.25) is 17.7 Å². The molecule has 2 fully saturated rings. The van der Waals surface area contributed by atoms with Gasteiger partial charge in [0.25, 0.3) is 0 Å². The van der Waals surface area contributed by atoms with Crippen molar-refractivity contribution < 1.29 is 14.4 Å². The SMILES string of the molecule is O=C(Cn1ncc2c1CSC2)N1CC(N2C(=O)CCC2=O)C1. The second-order valence-corrected chi connectivity index (χ2v) is 6.86. The number of carbonyl (C=O) groups is 3. The van der Waals surface area contributed by atoms with E-state index in [1.54, 1.807) is 9.58 Å². The number of imide groups is 1. The number of hydrogen-bond acceptors (Lipinski definition) is 5. The smallest absolute Gasteiger partial charge is 0.244 e. The van der Waals surface area contributed by atoms with Crippen molar-refractivity contribution in [2.24, 2.45) is 0 Å². The molecular formula is C14H16N4O3S. The van der Waals surface area contributed by atoms with Crippen LogP contribution in [0.25, 0.3) is 0 Å². The van der Waals surface area contributed by atoms with Crippen LogP contribution in [0.15, 0.2) is 6.20 Å². The monoisotopic (exact) mass is 320 g/mol. The molecule has 0 aromatic carbocycles. The van der Waals surface area contributed by atoms with Gasteiger partial charge in [-0.25, -0.2) is 0 Å². The maximum atomic E-state index is 12.3. The highest BCUT2D eigenvalue weighted by Crippen LogP contribution is 2.29. The Kier molecular flexibility index (Phi) is 3.21. The van der Waals surface area contributed by atoms with Crippen molar-refractivity contribution in [3.8, 4) is 0 Å². The molecule has 3 amide bonds. The highest BCUT2D eigenvalue weighted by Gasteiger charge is 2.42. The quantitative estimate of drug-likeness (QED) is 0.732. The lowest BCUT2D eigenvalue weighted by Gasteiger charge is -2.43. The lowest BCUT2D eigenvalue weighted by Crippen LogP contribution is -2.62. The zero-order valence-corrected chi connectivity index (χ0v) is 12.8. The van der Waals surface area contributed by atoms with Gasteiger partial charge < -0.3 is 4.90 Å². The van der Waals surface area contributed by atoms with E-state index >= 15 is 0 Å². The molecule has 0 spiro atoms. The fourth-order valence-electron chi connectivity index (χ4n) is 3.18. The Morgan fingerprint density at radius 2 is 1.95 bits per heavy atom. The van der Waals surface area contributed by atoms with Gasteiger partial charge in [-0.2, -0.15) is 16.9 Å². The maximum absolute atomic E-state index is 12.3. The molecule has 0 atom stereocenters. The van der Waals surface area contributed by atoms with Gasteiger partial charge in [-0.1, -0.05) is 0 Å². The number of amides is 3. The Hall–Kier alpha value is -1.83. The van der Waals surface area contributed by atoms with E-state index in [2.05, 4.69) is 5.10 Å². The van der Waals surface area contributed by atoms with Gasteiger partial charge >= 0.3 is 0 Å². The summed E-state index contributed by atoms with van der Waals surface area (Å²) in [4.78, 5) is 38.6. The molecule has 0 saturated carbocycles. The highest BCUT2D eigenvalue weighted by molar-refractivity contribution is 7.98. The Labute approximate surface area is 131 Å². The molecule has 2 saturated heterocycles. The normalized spacial score (nSPS) is 21.5. The van der Waals surface area contributed by atoms with E-state index in [9.17, 15) is 14.4 Å². The summed E-state index contributed by atoms with van der Waals surface area (Å²) in [5, 5.41) is 4.28. The van der Waals surface area contributed by atoms with Crippen molar-refractivity contribution in [1.29, 1.82) is 0 Å². The second kappa shape index (κ2) is 5.12. The Morgan fingerprint density at radius 3 is 2.68 bits per heavy atom. The second-order valence-electron chi connectivity index (χ2n) is 5.88. The number of fused-ring (bicyclic) bond motifs is 1. The first-order chi connectivity index (χ1) is 10.6. The highest BCUT2D eigenvalue weighted by atomic mass is 32.2. The van der Waals surface area contributed by atoms with Crippen LogP contribution in [0.4, 0.5) is 0 Å². The van der Waals surface area contributed by atoms with E-state index in [1.165, 1.54) is 10.5 Å². The van der Waals surface area contributed by atoms with Crippen molar-refractivity contribution in [3.05, 3.63) is 17.5 Å². The van der Waals surface area contributed by atoms with Crippen molar-refractivity contribution in [2.75, 3.05) is 13.1 Å². The number of likely N-dealkylation sites (tertiary alicyclic amines) is 2. The van der Waals surface area contributed by atoms with E-state index in [0.29, 0.717) is 25.9 Å². The molecule has 1 aromatic heterocycles. The van der Waals surface area contributed by atoms with Crippen LogP contribution in [0.3, 0.4) is 0 Å². The van der Waals surface area contributed by atoms with Gasteiger partial charge in [0, 0.05) is 43.0 Å². The van der Waals surface area contributed by atoms with Crippen LogP contribution in [0.5, 0.6) is 0 Å². The molecule has 22 heavy (non-hydrogen) atoms. The molecule has 8 heteroatoms. The first-order valence-corrected chi connectivity index (χ1v) is 8.53. The van der Waals surface area contributed by atoms with Crippen LogP contribution >= 0.6 is 11.8 Å². The molecule has 1 aromatic rings. The first kappa shape index (κ1) is 13.8. The molecule has 116 valence electrons. The third kappa shape index (κ3) is 2.13. The molecule has 7 nitrogen and oxygen atoms in total. The minimum Gasteiger partial charge on any atom is -0.337 e. The molecule has 3 aliphatic rings. The Morgan fingerprint density at radius 1 is 1.23 bits per heavy atom. The molecule has 0 bridgehead atoms. The largest absolute Gasteiger partial charge is 0.337 e. The zero-order chi connectivity index (χ0) is 15.3. The molecule has 3 aliphatic heterocycles. The molecular weight excluding hydrogens is 304 g/mol. The zero-order valence-electron chi connectivity index (χ0n) is 12.0. The number of nitrogens with zero attached hydrogens (tertiary/aromatic N) is 4. The topological polar surface area (TPSA) is 75.5 Å². The summed E-state index contributed by atoms with van der Waals surface area (Å²) < 4.78 is 1.77. The number of hydrogen-bond donors (Lipinski definition) is 0. The molecule has 4 heterocycles. The predicted molar refractivity (Wildman–Crippen MR) is 78.7 cm³/mol. The lowest BCUT2D eigenvalue weighted by atomic mass is 10.1. The van der Waals surface area contributed by atoms with Gasteiger partial charge in [0.05, 0.1) is 17.9 Å². The van der Waals surface area contributed by atoms with Gasteiger partial charge in [0.15, 0.2) is 0 Å². The molecule has 0 aliphatic carbocycles.